The van der Waals surface area contributed by atoms with Crippen molar-refractivity contribution in [2.45, 2.75) is 24.9 Å². The molecule has 0 aromatic heterocycles. The minimum atomic E-state index is -0.537. The maximum absolute atomic E-state index is 13.7. The molecule has 21 heavy (non-hydrogen) atoms. The maximum atomic E-state index is 13.7. The average Bonchev–Trinajstić information content (AvgIpc) is 3.27. The molecule has 3 N–H and O–H groups in total. The van der Waals surface area contributed by atoms with Crippen LogP contribution in [0.15, 0.2) is 48.5 Å². The van der Waals surface area contributed by atoms with Crippen LogP contribution in [0.1, 0.15) is 33.8 Å². The van der Waals surface area contributed by atoms with Crippen molar-refractivity contribution in [1.29, 1.82) is 0 Å². The van der Waals surface area contributed by atoms with Crippen molar-refractivity contribution in [2.24, 2.45) is 5.73 Å². The van der Waals surface area contributed by atoms with Gasteiger partial charge in [0.1, 0.15) is 5.82 Å². The summed E-state index contributed by atoms with van der Waals surface area (Å²) >= 11 is 0. The van der Waals surface area contributed by atoms with Crippen LogP contribution >= 0.6 is 0 Å². The van der Waals surface area contributed by atoms with E-state index in [1.165, 1.54) is 23.8 Å². The Balaban J connectivity index is 1.62. The van der Waals surface area contributed by atoms with Crippen molar-refractivity contribution in [3.63, 3.8) is 0 Å². The summed E-state index contributed by atoms with van der Waals surface area (Å²) in [5, 5.41) is 3.34. The van der Waals surface area contributed by atoms with Crippen molar-refractivity contribution < 1.29 is 9.18 Å². The summed E-state index contributed by atoms with van der Waals surface area (Å²) in [6, 6.07) is 14.9. The Kier molecular flexibility index (Phi) is 3.71. The fraction of sp³-hybridized carbons (Fsp3) is 0.235. The Labute approximate surface area is 123 Å². The van der Waals surface area contributed by atoms with Gasteiger partial charge in [-0.2, -0.15) is 0 Å². The quantitative estimate of drug-likeness (QED) is 0.886. The maximum Gasteiger partial charge on any atom is 0.248 e. The molecule has 0 radical (unpaired) electrons. The molecule has 0 bridgehead atoms. The number of amides is 1. The first kappa shape index (κ1) is 13.8. The van der Waals surface area contributed by atoms with E-state index in [9.17, 15) is 9.18 Å². The zero-order valence-corrected chi connectivity index (χ0v) is 11.6. The Morgan fingerprint density at radius 1 is 1.24 bits per heavy atom. The molecule has 1 aliphatic rings. The number of rotatable bonds is 5. The molecule has 3 rings (SSSR count). The molecular formula is C17H17FN2O. The Morgan fingerprint density at radius 3 is 2.71 bits per heavy atom. The van der Waals surface area contributed by atoms with E-state index >= 15 is 0 Å². The summed E-state index contributed by atoms with van der Waals surface area (Å²) in [6.07, 6.45) is 1.06. The highest BCUT2D eigenvalue weighted by molar-refractivity contribution is 5.92. The highest BCUT2D eigenvalue weighted by Crippen LogP contribution is 2.40. The lowest BCUT2D eigenvalue weighted by Gasteiger charge is -2.07. The summed E-state index contributed by atoms with van der Waals surface area (Å²) in [7, 11) is 0. The number of hydrogen-bond acceptors (Lipinski definition) is 2. The SMILES string of the molecule is NC(=O)c1ccc(F)c(CNC2CC2c2ccccc2)c1. The number of benzene rings is 2. The van der Waals surface area contributed by atoms with Gasteiger partial charge < -0.3 is 11.1 Å². The van der Waals surface area contributed by atoms with E-state index in [-0.39, 0.29) is 5.82 Å². The van der Waals surface area contributed by atoms with Crippen LogP contribution in [0.2, 0.25) is 0 Å². The lowest BCUT2D eigenvalue weighted by atomic mass is 10.1. The molecule has 1 aliphatic carbocycles. The van der Waals surface area contributed by atoms with Gasteiger partial charge in [-0.05, 0) is 30.2 Å². The van der Waals surface area contributed by atoms with E-state index in [2.05, 4.69) is 17.4 Å². The third-order valence-corrected chi connectivity index (χ3v) is 3.90. The van der Waals surface area contributed by atoms with Gasteiger partial charge in [0.15, 0.2) is 0 Å². The van der Waals surface area contributed by atoms with Crippen molar-refractivity contribution >= 4 is 5.91 Å². The van der Waals surface area contributed by atoms with Gasteiger partial charge in [-0.25, -0.2) is 4.39 Å². The number of nitrogens with two attached hydrogens (primary N) is 1. The molecule has 4 heteroatoms. The van der Waals surface area contributed by atoms with E-state index in [1.807, 2.05) is 18.2 Å². The number of primary amides is 1. The largest absolute Gasteiger partial charge is 0.366 e. The standard InChI is InChI=1S/C17H17FN2O/c18-15-7-6-12(17(19)21)8-13(15)10-20-16-9-14(16)11-4-2-1-3-5-11/h1-8,14,16,20H,9-10H2,(H2,19,21). The van der Waals surface area contributed by atoms with E-state index in [0.29, 0.717) is 29.6 Å². The summed E-state index contributed by atoms with van der Waals surface area (Å²) in [6.45, 7) is 0.404. The van der Waals surface area contributed by atoms with Gasteiger partial charge in [0.2, 0.25) is 5.91 Å². The normalized spacial score (nSPS) is 20.2. The third-order valence-electron chi connectivity index (χ3n) is 3.90. The number of halogens is 1. The van der Waals surface area contributed by atoms with Crippen molar-refractivity contribution in [3.05, 3.63) is 71.0 Å². The van der Waals surface area contributed by atoms with E-state index in [1.54, 1.807) is 0 Å². The molecular weight excluding hydrogens is 267 g/mol. The summed E-state index contributed by atoms with van der Waals surface area (Å²) in [5.74, 6) is -0.358. The third kappa shape index (κ3) is 3.11. The molecule has 0 aliphatic heterocycles. The second kappa shape index (κ2) is 5.66. The molecule has 2 aromatic rings. The highest BCUT2D eigenvalue weighted by Gasteiger charge is 2.37. The molecule has 2 aromatic carbocycles. The zero-order chi connectivity index (χ0) is 14.8. The van der Waals surface area contributed by atoms with Crippen molar-refractivity contribution in [1.82, 2.24) is 5.32 Å². The first-order valence-electron chi connectivity index (χ1n) is 7.01. The topological polar surface area (TPSA) is 55.1 Å². The minimum absolute atomic E-state index is 0.315. The van der Waals surface area contributed by atoms with E-state index < -0.39 is 5.91 Å². The van der Waals surface area contributed by atoms with E-state index in [0.717, 1.165) is 6.42 Å². The lowest BCUT2D eigenvalue weighted by molar-refractivity contribution is 0.1000. The second-order valence-corrected chi connectivity index (χ2v) is 5.41. The molecule has 1 amide bonds. The molecule has 1 saturated carbocycles. The molecule has 0 heterocycles. The Morgan fingerprint density at radius 2 is 2.00 bits per heavy atom. The van der Waals surface area contributed by atoms with Crippen LogP contribution in [0.5, 0.6) is 0 Å². The van der Waals surface area contributed by atoms with Gasteiger partial charge in [-0.3, -0.25) is 4.79 Å². The van der Waals surface area contributed by atoms with Crippen LogP contribution in [0.3, 0.4) is 0 Å². The van der Waals surface area contributed by atoms with Gasteiger partial charge in [0.05, 0.1) is 0 Å². The van der Waals surface area contributed by atoms with Crippen LogP contribution in [0.4, 0.5) is 4.39 Å². The highest BCUT2D eigenvalue weighted by atomic mass is 19.1. The Bertz CT molecular complexity index is 657. The number of hydrogen-bond donors (Lipinski definition) is 2. The summed E-state index contributed by atoms with van der Waals surface area (Å²) in [5.41, 5.74) is 7.34. The number of carbonyl (C=O) groups excluding carboxylic acids is 1. The predicted molar refractivity (Wildman–Crippen MR) is 79.3 cm³/mol. The van der Waals surface area contributed by atoms with Gasteiger partial charge in [-0.1, -0.05) is 30.3 Å². The lowest BCUT2D eigenvalue weighted by Crippen LogP contribution is -2.19. The molecule has 108 valence electrons. The van der Waals surface area contributed by atoms with Crippen LogP contribution < -0.4 is 11.1 Å². The van der Waals surface area contributed by atoms with Gasteiger partial charge in [0, 0.05) is 29.6 Å². The Hall–Kier alpha value is -2.20. The first-order valence-corrected chi connectivity index (χ1v) is 7.01. The molecule has 1 fully saturated rings. The van der Waals surface area contributed by atoms with Crippen molar-refractivity contribution in [3.8, 4) is 0 Å². The summed E-state index contributed by atoms with van der Waals surface area (Å²) < 4.78 is 13.7. The number of nitrogens with one attached hydrogen (secondary N) is 1. The monoisotopic (exact) mass is 284 g/mol. The average molecular weight is 284 g/mol. The smallest absolute Gasteiger partial charge is 0.248 e. The number of carbonyl (C=O) groups is 1. The fourth-order valence-corrected chi connectivity index (χ4v) is 2.59. The van der Waals surface area contributed by atoms with Crippen LogP contribution in [-0.2, 0) is 6.54 Å². The first-order chi connectivity index (χ1) is 10.1. The molecule has 0 spiro atoms. The van der Waals surface area contributed by atoms with Crippen LogP contribution in [0.25, 0.3) is 0 Å². The van der Waals surface area contributed by atoms with Gasteiger partial charge in [0.25, 0.3) is 0 Å². The minimum Gasteiger partial charge on any atom is -0.366 e. The molecule has 0 saturated heterocycles. The zero-order valence-electron chi connectivity index (χ0n) is 11.6. The second-order valence-electron chi connectivity index (χ2n) is 5.41. The van der Waals surface area contributed by atoms with E-state index in [4.69, 9.17) is 5.73 Å². The van der Waals surface area contributed by atoms with Gasteiger partial charge >= 0.3 is 0 Å². The summed E-state index contributed by atoms with van der Waals surface area (Å²) in [4.78, 5) is 11.1. The fourth-order valence-electron chi connectivity index (χ4n) is 2.59. The van der Waals surface area contributed by atoms with Crippen LogP contribution in [0, 0.1) is 5.82 Å². The predicted octanol–water partition coefficient (Wildman–Crippen LogP) is 2.57. The van der Waals surface area contributed by atoms with Gasteiger partial charge in [-0.15, -0.1) is 0 Å². The molecule has 2 atom stereocenters. The molecule has 3 nitrogen and oxygen atoms in total. The van der Waals surface area contributed by atoms with Crippen molar-refractivity contribution in [2.75, 3.05) is 0 Å². The molecule has 2 unspecified atom stereocenters. The van der Waals surface area contributed by atoms with Crippen LogP contribution in [-0.4, -0.2) is 11.9 Å².